The summed E-state index contributed by atoms with van der Waals surface area (Å²) in [4.78, 5) is 12.2. The van der Waals surface area contributed by atoms with E-state index in [0.29, 0.717) is 5.75 Å². The number of aryl methyl sites for hydroxylation is 2. The van der Waals surface area contributed by atoms with Gasteiger partial charge in [-0.2, -0.15) is 0 Å². The van der Waals surface area contributed by atoms with Crippen LogP contribution in [0.1, 0.15) is 16.7 Å². The van der Waals surface area contributed by atoms with Gasteiger partial charge < -0.3 is 5.32 Å². The zero-order valence-corrected chi connectivity index (χ0v) is 17.0. The number of thioether (sulfide) groups is 2. The number of aromatic nitrogens is 2. The Morgan fingerprint density at radius 2 is 1.62 bits per heavy atom. The third-order valence-electron chi connectivity index (χ3n) is 3.67. The molecule has 4 nitrogen and oxygen atoms in total. The van der Waals surface area contributed by atoms with Crippen LogP contribution in [-0.4, -0.2) is 21.9 Å². The van der Waals surface area contributed by atoms with E-state index in [1.165, 1.54) is 28.7 Å². The normalized spacial score (nSPS) is 10.7. The van der Waals surface area contributed by atoms with E-state index in [1.54, 1.807) is 11.8 Å². The Kier molecular flexibility index (Phi) is 6.71. The van der Waals surface area contributed by atoms with Crippen LogP contribution < -0.4 is 5.32 Å². The number of hydrogen-bond donors (Lipinski definition) is 1. The summed E-state index contributed by atoms with van der Waals surface area (Å²) in [6.45, 7) is 3.99. The van der Waals surface area contributed by atoms with Gasteiger partial charge in [-0.15, -0.1) is 10.2 Å². The van der Waals surface area contributed by atoms with Crippen LogP contribution in [0.5, 0.6) is 0 Å². The lowest BCUT2D eigenvalue weighted by Gasteiger charge is -2.10. The quantitative estimate of drug-likeness (QED) is 0.553. The molecule has 0 aliphatic heterocycles. The number of rotatable bonds is 7. The van der Waals surface area contributed by atoms with Crippen molar-refractivity contribution in [2.24, 2.45) is 0 Å². The highest BCUT2D eigenvalue weighted by molar-refractivity contribution is 8.03. The van der Waals surface area contributed by atoms with Gasteiger partial charge in [0.2, 0.25) is 5.91 Å². The van der Waals surface area contributed by atoms with Crippen LogP contribution in [0, 0.1) is 13.8 Å². The van der Waals surface area contributed by atoms with Crippen LogP contribution in [-0.2, 0) is 10.5 Å². The van der Waals surface area contributed by atoms with Crippen LogP contribution in [0.25, 0.3) is 0 Å². The average molecular weight is 402 g/mol. The van der Waals surface area contributed by atoms with Crippen molar-refractivity contribution in [2.45, 2.75) is 28.3 Å². The third-order valence-corrected chi connectivity index (χ3v) is 6.93. The lowest BCUT2D eigenvalue weighted by Crippen LogP contribution is -2.15. The van der Waals surface area contributed by atoms with Crippen molar-refractivity contribution in [2.75, 3.05) is 11.1 Å². The maximum absolute atomic E-state index is 12.2. The predicted molar refractivity (Wildman–Crippen MR) is 111 cm³/mol. The molecule has 134 valence electrons. The molecule has 0 aliphatic carbocycles. The second-order valence-corrected chi connectivity index (χ2v) is 9.13. The van der Waals surface area contributed by atoms with Crippen LogP contribution in [0.4, 0.5) is 5.69 Å². The zero-order chi connectivity index (χ0) is 18.4. The fourth-order valence-corrected chi connectivity index (χ4v) is 5.12. The number of hydrogen-bond acceptors (Lipinski definition) is 6. The van der Waals surface area contributed by atoms with E-state index in [-0.39, 0.29) is 5.91 Å². The molecule has 0 radical (unpaired) electrons. The van der Waals surface area contributed by atoms with Gasteiger partial charge >= 0.3 is 0 Å². The summed E-state index contributed by atoms with van der Waals surface area (Å²) < 4.78 is 1.74. The predicted octanol–water partition coefficient (Wildman–Crippen LogP) is 5.18. The first-order chi connectivity index (χ1) is 12.6. The number of benzene rings is 2. The molecule has 26 heavy (non-hydrogen) atoms. The third kappa shape index (κ3) is 5.33. The maximum atomic E-state index is 12.2. The lowest BCUT2D eigenvalue weighted by atomic mass is 10.1. The van der Waals surface area contributed by atoms with Gasteiger partial charge in [0.15, 0.2) is 8.68 Å². The van der Waals surface area contributed by atoms with Gasteiger partial charge in [-0.3, -0.25) is 4.79 Å². The highest BCUT2D eigenvalue weighted by Gasteiger charge is 2.11. The van der Waals surface area contributed by atoms with Gasteiger partial charge in [0.05, 0.1) is 5.75 Å². The van der Waals surface area contributed by atoms with Gasteiger partial charge in [-0.1, -0.05) is 83.4 Å². The van der Waals surface area contributed by atoms with Gasteiger partial charge in [-0.05, 0) is 30.5 Å². The van der Waals surface area contributed by atoms with E-state index in [0.717, 1.165) is 31.2 Å². The number of para-hydroxylation sites is 1. The Balaban J connectivity index is 1.49. The molecule has 2 aromatic carbocycles. The van der Waals surface area contributed by atoms with E-state index >= 15 is 0 Å². The van der Waals surface area contributed by atoms with Gasteiger partial charge in [0.25, 0.3) is 0 Å². The molecule has 0 atom stereocenters. The van der Waals surface area contributed by atoms with Crippen molar-refractivity contribution in [3.63, 3.8) is 0 Å². The summed E-state index contributed by atoms with van der Waals surface area (Å²) in [6.07, 6.45) is 0. The summed E-state index contributed by atoms with van der Waals surface area (Å²) >= 11 is 4.62. The molecule has 0 saturated heterocycles. The lowest BCUT2D eigenvalue weighted by molar-refractivity contribution is -0.113. The van der Waals surface area contributed by atoms with Crippen molar-refractivity contribution in [1.29, 1.82) is 0 Å². The minimum atomic E-state index is -0.0268. The Hall–Kier alpha value is -1.83. The Labute approximate surface area is 165 Å². The minimum Gasteiger partial charge on any atom is -0.325 e. The molecule has 3 rings (SSSR count). The molecule has 0 aliphatic rings. The highest BCUT2D eigenvalue weighted by atomic mass is 32.2. The molecule has 0 spiro atoms. The number of nitrogens with one attached hydrogen (secondary N) is 1. The number of carbonyl (C=O) groups is 1. The fraction of sp³-hybridized carbons (Fsp3) is 0.211. The van der Waals surface area contributed by atoms with Crippen LogP contribution in [0.15, 0.2) is 57.2 Å². The zero-order valence-electron chi connectivity index (χ0n) is 14.6. The second-order valence-electron chi connectivity index (χ2n) is 5.71. The molecule has 1 aromatic heterocycles. The molecular formula is C19H19N3OS3. The summed E-state index contributed by atoms with van der Waals surface area (Å²) in [5.41, 5.74) is 4.29. The monoisotopic (exact) mass is 401 g/mol. The summed E-state index contributed by atoms with van der Waals surface area (Å²) in [7, 11) is 0. The van der Waals surface area contributed by atoms with Gasteiger partial charge in [0.1, 0.15) is 0 Å². The van der Waals surface area contributed by atoms with Crippen molar-refractivity contribution >= 4 is 46.5 Å². The molecule has 0 bridgehead atoms. The summed E-state index contributed by atoms with van der Waals surface area (Å²) in [5, 5.41) is 11.4. The second kappa shape index (κ2) is 9.21. The molecule has 1 amide bonds. The first kappa shape index (κ1) is 18.9. The number of carbonyl (C=O) groups excluding carboxylic acids is 1. The standard InChI is InChI=1S/C19H19N3OS3/c1-13-7-6-8-14(2)17(13)20-16(23)12-25-19-22-21-18(26-19)24-11-15-9-4-3-5-10-15/h3-10H,11-12H2,1-2H3,(H,20,23). The van der Waals surface area contributed by atoms with E-state index in [9.17, 15) is 4.79 Å². The van der Waals surface area contributed by atoms with Crippen molar-refractivity contribution in [3.05, 3.63) is 65.2 Å². The topological polar surface area (TPSA) is 54.9 Å². The van der Waals surface area contributed by atoms with Crippen molar-refractivity contribution in [3.8, 4) is 0 Å². The first-order valence-electron chi connectivity index (χ1n) is 8.11. The molecule has 1 N–H and O–H groups in total. The molecule has 0 fully saturated rings. The van der Waals surface area contributed by atoms with Crippen LogP contribution >= 0.6 is 34.9 Å². The van der Waals surface area contributed by atoms with E-state index in [2.05, 4.69) is 27.6 Å². The molecule has 3 aromatic rings. The number of amides is 1. The number of anilines is 1. The maximum Gasteiger partial charge on any atom is 0.234 e. The SMILES string of the molecule is Cc1cccc(C)c1NC(=O)CSc1nnc(SCc2ccccc2)s1. The van der Waals surface area contributed by atoms with E-state index in [1.807, 2.05) is 50.2 Å². The average Bonchev–Trinajstić information content (AvgIpc) is 3.10. The molecule has 0 unspecified atom stereocenters. The molecule has 1 heterocycles. The Morgan fingerprint density at radius 3 is 2.31 bits per heavy atom. The Bertz CT molecular complexity index is 860. The summed E-state index contributed by atoms with van der Waals surface area (Å²) in [6, 6.07) is 16.3. The summed E-state index contributed by atoms with van der Waals surface area (Å²) in [5.74, 6) is 1.17. The molecular weight excluding hydrogens is 382 g/mol. The first-order valence-corrected chi connectivity index (χ1v) is 10.9. The smallest absolute Gasteiger partial charge is 0.234 e. The Morgan fingerprint density at radius 1 is 0.962 bits per heavy atom. The minimum absolute atomic E-state index is 0.0268. The van der Waals surface area contributed by atoms with Crippen LogP contribution in [0.3, 0.4) is 0 Å². The van der Waals surface area contributed by atoms with E-state index < -0.39 is 0 Å². The molecule has 7 heteroatoms. The molecule has 0 saturated carbocycles. The van der Waals surface area contributed by atoms with E-state index in [4.69, 9.17) is 0 Å². The van der Waals surface area contributed by atoms with Crippen LogP contribution in [0.2, 0.25) is 0 Å². The number of nitrogens with zero attached hydrogens (tertiary/aromatic N) is 2. The van der Waals surface area contributed by atoms with Gasteiger partial charge in [-0.25, -0.2) is 0 Å². The highest BCUT2D eigenvalue weighted by Crippen LogP contribution is 2.30. The fourth-order valence-electron chi connectivity index (χ4n) is 2.35. The van der Waals surface area contributed by atoms with Crippen molar-refractivity contribution < 1.29 is 4.79 Å². The largest absolute Gasteiger partial charge is 0.325 e. The van der Waals surface area contributed by atoms with Gasteiger partial charge in [0, 0.05) is 11.4 Å². The van der Waals surface area contributed by atoms with Crippen molar-refractivity contribution in [1.82, 2.24) is 10.2 Å².